The Bertz CT molecular complexity index is 264. The Balaban J connectivity index is 2.01. The van der Waals surface area contributed by atoms with Gasteiger partial charge in [-0.05, 0) is 31.7 Å². The number of amides is 1. The normalized spacial score (nSPS) is 29.8. The van der Waals surface area contributed by atoms with Crippen LogP contribution in [0.25, 0.3) is 0 Å². The van der Waals surface area contributed by atoms with Crippen LogP contribution < -0.4 is 5.32 Å². The molecule has 0 aromatic rings. The maximum Gasteiger partial charge on any atom is 0.240 e. The van der Waals surface area contributed by atoms with Crippen LogP contribution in [0, 0.1) is 5.92 Å². The van der Waals surface area contributed by atoms with Gasteiger partial charge in [0.25, 0.3) is 0 Å². The molecule has 1 aliphatic heterocycles. The summed E-state index contributed by atoms with van der Waals surface area (Å²) in [6, 6.07) is 0.339. The lowest BCUT2D eigenvalue weighted by molar-refractivity contribution is -0.136. The van der Waals surface area contributed by atoms with Gasteiger partial charge < -0.3 is 15.3 Å². The fourth-order valence-corrected chi connectivity index (χ4v) is 3.14. The molecule has 2 unspecified atom stereocenters. The Hall–Kier alpha value is -0.610. The molecule has 0 aromatic heterocycles. The van der Waals surface area contributed by atoms with Gasteiger partial charge in [-0.1, -0.05) is 19.8 Å². The van der Waals surface area contributed by atoms with Crippen molar-refractivity contribution < 1.29 is 9.90 Å². The summed E-state index contributed by atoms with van der Waals surface area (Å²) in [5.41, 5.74) is 0. The molecule has 1 saturated heterocycles. The highest BCUT2D eigenvalue weighted by Gasteiger charge is 2.35. The van der Waals surface area contributed by atoms with Gasteiger partial charge in [0.2, 0.25) is 5.91 Å². The smallest absolute Gasteiger partial charge is 0.240 e. The molecule has 0 spiro atoms. The van der Waals surface area contributed by atoms with Crippen LogP contribution in [-0.4, -0.2) is 47.7 Å². The summed E-state index contributed by atoms with van der Waals surface area (Å²) in [6.45, 7) is 3.64. The van der Waals surface area contributed by atoms with Crippen LogP contribution in [0.1, 0.15) is 39.0 Å². The molecule has 2 rings (SSSR count). The molecule has 1 aliphatic carbocycles. The third kappa shape index (κ3) is 2.80. The molecule has 1 saturated carbocycles. The van der Waals surface area contributed by atoms with E-state index in [4.69, 9.17) is 5.11 Å². The maximum atomic E-state index is 12.5. The predicted molar refractivity (Wildman–Crippen MR) is 66.6 cm³/mol. The Labute approximate surface area is 103 Å². The Kier molecular flexibility index (Phi) is 4.40. The first kappa shape index (κ1) is 12.8. The van der Waals surface area contributed by atoms with E-state index in [1.165, 1.54) is 12.8 Å². The molecule has 0 bridgehead atoms. The van der Waals surface area contributed by atoms with Gasteiger partial charge in [-0.2, -0.15) is 0 Å². The molecular formula is C13H24N2O2. The Morgan fingerprint density at radius 3 is 2.59 bits per heavy atom. The van der Waals surface area contributed by atoms with Crippen LogP contribution >= 0.6 is 0 Å². The molecule has 0 radical (unpaired) electrons. The lowest BCUT2D eigenvalue weighted by Gasteiger charge is -2.32. The second-order valence-electron chi connectivity index (χ2n) is 5.39. The third-order valence-electron chi connectivity index (χ3n) is 4.19. The van der Waals surface area contributed by atoms with Gasteiger partial charge in [0.05, 0.1) is 12.6 Å². The topological polar surface area (TPSA) is 52.6 Å². The average Bonchev–Trinajstić information content (AvgIpc) is 2.95. The van der Waals surface area contributed by atoms with E-state index in [9.17, 15) is 4.79 Å². The fourth-order valence-electron chi connectivity index (χ4n) is 3.14. The first-order valence-electron chi connectivity index (χ1n) is 6.88. The van der Waals surface area contributed by atoms with E-state index in [0.29, 0.717) is 18.5 Å². The monoisotopic (exact) mass is 240 g/mol. The Morgan fingerprint density at radius 1 is 1.35 bits per heavy atom. The average molecular weight is 240 g/mol. The summed E-state index contributed by atoms with van der Waals surface area (Å²) in [6.07, 6.45) is 5.72. The van der Waals surface area contributed by atoms with Crippen LogP contribution in [0.2, 0.25) is 0 Å². The number of rotatable bonds is 4. The number of nitrogens with zero attached hydrogens (tertiary/aromatic N) is 1. The number of carbonyl (C=O) groups is 1. The van der Waals surface area contributed by atoms with Crippen molar-refractivity contribution in [2.75, 3.05) is 19.7 Å². The van der Waals surface area contributed by atoms with Crippen LogP contribution in [-0.2, 0) is 4.79 Å². The van der Waals surface area contributed by atoms with Crippen molar-refractivity contribution in [2.45, 2.75) is 51.1 Å². The van der Waals surface area contributed by atoms with E-state index in [-0.39, 0.29) is 18.6 Å². The van der Waals surface area contributed by atoms with Crippen LogP contribution in [0.15, 0.2) is 0 Å². The van der Waals surface area contributed by atoms with E-state index >= 15 is 0 Å². The van der Waals surface area contributed by atoms with Gasteiger partial charge in [0, 0.05) is 12.6 Å². The van der Waals surface area contributed by atoms with Gasteiger partial charge in [-0.25, -0.2) is 0 Å². The zero-order valence-electron chi connectivity index (χ0n) is 10.7. The molecule has 17 heavy (non-hydrogen) atoms. The molecule has 2 fully saturated rings. The maximum absolute atomic E-state index is 12.5. The number of aliphatic hydroxyl groups excluding tert-OH is 1. The standard InChI is InChI=1S/C13H24N2O2/c1-10-6-7-14-12(10)13(17)15(8-9-16)11-4-2-3-5-11/h10-12,14,16H,2-9H2,1H3. The number of aliphatic hydroxyl groups is 1. The molecule has 2 N–H and O–H groups in total. The summed E-state index contributed by atoms with van der Waals surface area (Å²) in [4.78, 5) is 14.4. The highest BCUT2D eigenvalue weighted by atomic mass is 16.3. The van der Waals surface area contributed by atoms with Gasteiger partial charge in [-0.3, -0.25) is 4.79 Å². The van der Waals surface area contributed by atoms with Gasteiger partial charge in [0.15, 0.2) is 0 Å². The second kappa shape index (κ2) is 5.83. The predicted octanol–water partition coefficient (Wildman–Crippen LogP) is 0.748. The minimum Gasteiger partial charge on any atom is -0.395 e. The van der Waals surface area contributed by atoms with Crippen molar-refractivity contribution in [3.8, 4) is 0 Å². The largest absolute Gasteiger partial charge is 0.395 e. The van der Waals surface area contributed by atoms with E-state index in [1.54, 1.807) is 0 Å². The summed E-state index contributed by atoms with van der Waals surface area (Å²) in [7, 11) is 0. The number of hydrogen-bond donors (Lipinski definition) is 2. The molecule has 98 valence electrons. The lowest BCUT2D eigenvalue weighted by atomic mass is 10.0. The number of hydrogen-bond acceptors (Lipinski definition) is 3. The number of carbonyl (C=O) groups excluding carboxylic acids is 1. The highest BCUT2D eigenvalue weighted by Crippen LogP contribution is 2.26. The fraction of sp³-hybridized carbons (Fsp3) is 0.923. The summed E-state index contributed by atoms with van der Waals surface area (Å²) >= 11 is 0. The molecule has 4 heteroatoms. The van der Waals surface area contributed by atoms with Crippen molar-refractivity contribution in [1.82, 2.24) is 10.2 Å². The molecule has 2 aliphatic rings. The molecular weight excluding hydrogens is 216 g/mol. The van der Waals surface area contributed by atoms with E-state index in [2.05, 4.69) is 12.2 Å². The van der Waals surface area contributed by atoms with Crippen LogP contribution in [0.3, 0.4) is 0 Å². The quantitative estimate of drug-likeness (QED) is 0.762. The summed E-state index contributed by atoms with van der Waals surface area (Å²) in [5.74, 6) is 0.626. The summed E-state index contributed by atoms with van der Waals surface area (Å²) in [5, 5.41) is 12.4. The van der Waals surface area contributed by atoms with Crippen molar-refractivity contribution in [3.63, 3.8) is 0 Å². The molecule has 1 amide bonds. The first-order chi connectivity index (χ1) is 8.24. The highest BCUT2D eigenvalue weighted by molar-refractivity contribution is 5.83. The second-order valence-corrected chi connectivity index (χ2v) is 5.39. The zero-order chi connectivity index (χ0) is 12.3. The van der Waals surface area contributed by atoms with Crippen molar-refractivity contribution in [2.24, 2.45) is 5.92 Å². The first-order valence-corrected chi connectivity index (χ1v) is 6.88. The molecule has 4 nitrogen and oxygen atoms in total. The minimum atomic E-state index is -0.0258. The SMILES string of the molecule is CC1CCNC1C(=O)N(CCO)C1CCCC1. The lowest BCUT2D eigenvalue weighted by Crippen LogP contribution is -2.50. The molecule has 0 aromatic carbocycles. The van der Waals surface area contributed by atoms with Crippen LogP contribution in [0.5, 0.6) is 0 Å². The summed E-state index contributed by atoms with van der Waals surface area (Å²) < 4.78 is 0. The van der Waals surface area contributed by atoms with Gasteiger partial charge in [-0.15, -0.1) is 0 Å². The molecule has 1 heterocycles. The van der Waals surface area contributed by atoms with E-state index in [1.807, 2.05) is 4.90 Å². The zero-order valence-corrected chi connectivity index (χ0v) is 10.7. The van der Waals surface area contributed by atoms with Crippen LogP contribution in [0.4, 0.5) is 0 Å². The van der Waals surface area contributed by atoms with E-state index in [0.717, 1.165) is 25.8 Å². The van der Waals surface area contributed by atoms with E-state index < -0.39 is 0 Å². The van der Waals surface area contributed by atoms with Crippen molar-refractivity contribution >= 4 is 5.91 Å². The van der Waals surface area contributed by atoms with Crippen molar-refractivity contribution in [1.29, 1.82) is 0 Å². The van der Waals surface area contributed by atoms with Gasteiger partial charge >= 0.3 is 0 Å². The molecule has 2 atom stereocenters. The Morgan fingerprint density at radius 2 is 2.06 bits per heavy atom. The van der Waals surface area contributed by atoms with Crippen molar-refractivity contribution in [3.05, 3.63) is 0 Å². The minimum absolute atomic E-state index is 0.0258. The number of nitrogens with one attached hydrogen (secondary N) is 1. The van der Waals surface area contributed by atoms with Gasteiger partial charge in [0.1, 0.15) is 0 Å². The third-order valence-corrected chi connectivity index (χ3v) is 4.19.